The minimum Gasteiger partial charge on any atom is -0.394 e. The van der Waals surface area contributed by atoms with E-state index in [9.17, 15) is 46.0 Å². The summed E-state index contributed by atoms with van der Waals surface area (Å²) in [7, 11) is 0. The zero-order valence-corrected chi connectivity index (χ0v) is 16.7. The van der Waals surface area contributed by atoms with Crippen LogP contribution in [0.15, 0.2) is 0 Å². The van der Waals surface area contributed by atoms with Crippen LogP contribution in [0.5, 0.6) is 0 Å². The van der Waals surface area contributed by atoms with E-state index in [1.165, 1.54) is 0 Å². The van der Waals surface area contributed by atoms with Crippen LogP contribution in [0, 0.1) is 0 Å². The molecule has 1 unspecified atom stereocenters. The summed E-state index contributed by atoms with van der Waals surface area (Å²) in [5.41, 5.74) is 0. The van der Waals surface area contributed by atoms with Gasteiger partial charge in [-0.25, -0.2) is 0 Å². The van der Waals surface area contributed by atoms with Crippen LogP contribution < -0.4 is 0 Å². The molecule has 0 aromatic rings. The lowest BCUT2D eigenvalue weighted by Crippen LogP contribution is -2.47. The van der Waals surface area contributed by atoms with Gasteiger partial charge in [0.05, 0.1) is 19.8 Å². The van der Waals surface area contributed by atoms with Gasteiger partial charge in [0.2, 0.25) is 0 Å². The maximum atomic E-state index is 10.2. The van der Waals surface area contributed by atoms with Crippen molar-refractivity contribution in [3.8, 4) is 0 Å². The fraction of sp³-hybridized carbons (Fsp3) is 1.00. The van der Waals surface area contributed by atoms with E-state index in [0.717, 1.165) is 0 Å². The van der Waals surface area contributed by atoms with Gasteiger partial charge in [0.15, 0.2) is 18.9 Å². The number of rotatable bonds is 9. The third-order valence-electron chi connectivity index (χ3n) is 5.70. The quantitative estimate of drug-likeness (QED) is 0.149. The summed E-state index contributed by atoms with van der Waals surface area (Å²) in [6, 6.07) is 0. The van der Waals surface area contributed by atoms with Gasteiger partial charge in [-0.2, -0.15) is 0 Å². The van der Waals surface area contributed by atoms with Crippen LogP contribution in [0.1, 0.15) is 0 Å². The average Bonchev–Trinajstić information content (AvgIpc) is 3.32. The van der Waals surface area contributed by atoms with Gasteiger partial charge >= 0.3 is 0 Å². The van der Waals surface area contributed by atoms with Crippen molar-refractivity contribution in [1.29, 1.82) is 0 Å². The summed E-state index contributed by atoms with van der Waals surface area (Å²) >= 11 is 0. The zero-order valence-electron chi connectivity index (χ0n) is 16.7. The molecule has 32 heavy (non-hydrogen) atoms. The molecule has 14 atom stereocenters. The second-order valence-corrected chi connectivity index (χ2v) is 7.89. The van der Waals surface area contributed by atoms with Gasteiger partial charge in [-0.3, -0.25) is 0 Å². The molecule has 3 heterocycles. The smallest absolute Gasteiger partial charge is 0.187 e. The number of aliphatic hydroxyl groups is 10. The molecule has 3 rings (SSSR count). The Balaban J connectivity index is 1.69. The number of hydrogen-bond acceptors (Lipinski definition) is 15. The first kappa shape index (κ1) is 26.0. The first-order chi connectivity index (χ1) is 15.1. The average molecular weight is 474 g/mol. The minimum atomic E-state index is -1.77. The van der Waals surface area contributed by atoms with E-state index in [0.29, 0.717) is 0 Å². The molecule has 0 saturated carbocycles. The fourth-order valence-corrected chi connectivity index (χ4v) is 3.78. The van der Waals surface area contributed by atoms with Gasteiger partial charge in [0.25, 0.3) is 0 Å². The Morgan fingerprint density at radius 1 is 0.688 bits per heavy atom. The van der Waals surface area contributed by atoms with Gasteiger partial charge in [-0.05, 0) is 0 Å². The van der Waals surface area contributed by atoms with E-state index in [1.807, 2.05) is 0 Å². The molecule has 3 aliphatic heterocycles. The van der Waals surface area contributed by atoms with Crippen LogP contribution in [0.25, 0.3) is 0 Å². The molecule has 0 aromatic heterocycles. The van der Waals surface area contributed by atoms with Crippen molar-refractivity contribution in [2.75, 3.05) is 19.8 Å². The first-order valence-corrected chi connectivity index (χ1v) is 10.00. The molecule has 0 radical (unpaired) electrons. The lowest BCUT2D eigenvalue weighted by atomic mass is 10.1. The van der Waals surface area contributed by atoms with Crippen LogP contribution >= 0.6 is 0 Å². The van der Waals surface area contributed by atoms with Gasteiger partial charge in [0, 0.05) is 0 Å². The Bertz CT molecular complexity index is 596. The Hall–Kier alpha value is -0.600. The van der Waals surface area contributed by atoms with Gasteiger partial charge in [0.1, 0.15) is 67.1 Å². The third kappa shape index (κ3) is 5.07. The van der Waals surface area contributed by atoms with E-state index < -0.39 is 106 Å². The van der Waals surface area contributed by atoms with E-state index in [-0.39, 0.29) is 0 Å². The lowest BCUT2D eigenvalue weighted by molar-refractivity contribution is -0.257. The lowest BCUT2D eigenvalue weighted by Gasteiger charge is -2.30. The van der Waals surface area contributed by atoms with Crippen molar-refractivity contribution in [3.05, 3.63) is 0 Å². The number of aliphatic hydroxyl groups excluding tert-OH is 10. The summed E-state index contributed by atoms with van der Waals surface area (Å²) in [6.07, 6.45) is -21.4. The highest BCUT2D eigenvalue weighted by Gasteiger charge is 2.51. The number of hydrogen-bond donors (Lipinski definition) is 10. The molecule has 0 aliphatic carbocycles. The minimum absolute atomic E-state index is 0.579. The van der Waals surface area contributed by atoms with Crippen LogP contribution in [-0.2, 0) is 23.7 Å². The molecule has 15 heteroatoms. The Labute approximate surface area is 181 Å². The monoisotopic (exact) mass is 474 g/mol. The van der Waals surface area contributed by atoms with Crippen LogP contribution in [0.3, 0.4) is 0 Å². The molecular weight excluding hydrogens is 444 g/mol. The van der Waals surface area contributed by atoms with Crippen molar-refractivity contribution in [2.45, 2.75) is 86.0 Å². The number of ether oxygens (including phenoxy) is 5. The normalized spacial score (nSPS) is 48.9. The molecule has 0 amide bonds. The molecule has 3 saturated heterocycles. The predicted octanol–water partition coefficient (Wildman–Crippen LogP) is -6.93. The highest BCUT2D eigenvalue weighted by Crippen LogP contribution is 2.30. The van der Waals surface area contributed by atoms with Crippen LogP contribution in [0.2, 0.25) is 0 Å². The molecule has 3 aliphatic rings. The standard InChI is InChI=1S/C17H30O15/c18-1-4(20)13-9(23)12(26)16(32-13)28-3-6(14-8(22)10(24)15(27)31-14)30-17-11(25)7(21)5(2-19)29-17/h4-27H,1-3H2/t4-,5-,6-,7-,8-,9-,10-,11+,12-,13+,14+,15?,16-,17-/m1/s1. The van der Waals surface area contributed by atoms with Crippen LogP contribution in [0.4, 0.5) is 0 Å². The third-order valence-corrected chi connectivity index (χ3v) is 5.70. The summed E-state index contributed by atoms with van der Waals surface area (Å²) in [5.74, 6) is 0. The summed E-state index contributed by atoms with van der Waals surface area (Å²) < 4.78 is 26.4. The molecular formula is C17H30O15. The molecule has 10 N–H and O–H groups in total. The highest BCUT2D eigenvalue weighted by molar-refractivity contribution is 4.94. The van der Waals surface area contributed by atoms with Crippen LogP contribution in [-0.4, -0.2) is 157 Å². The molecule has 0 spiro atoms. The molecule has 188 valence electrons. The summed E-state index contributed by atoms with van der Waals surface area (Å²) in [5, 5.41) is 97.6. The molecule has 15 nitrogen and oxygen atoms in total. The summed E-state index contributed by atoms with van der Waals surface area (Å²) in [4.78, 5) is 0. The maximum Gasteiger partial charge on any atom is 0.187 e. The SMILES string of the molecule is OC[C@@H](O)[C@@H]1O[C@@H](OC[C@@H](O[C@H]2O[C@H](CO)[C@@H](O)[C@@H]2O)[C@@H]2OC(O)[C@H](O)[C@H]2O)[C@H](O)[C@H]1O. The van der Waals surface area contributed by atoms with E-state index in [2.05, 4.69) is 0 Å². The van der Waals surface area contributed by atoms with E-state index >= 15 is 0 Å². The van der Waals surface area contributed by atoms with Crippen molar-refractivity contribution >= 4 is 0 Å². The van der Waals surface area contributed by atoms with Gasteiger partial charge in [-0.15, -0.1) is 0 Å². The highest BCUT2D eigenvalue weighted by atomic mass is 16.7. The van der Waals surface area contributed by atoms with Crippen molar-refractivity contribution in [1.82, 2.24) is 0 Å². The topological polar surface area (TPSA) is 248 Å². The second-order valence-electron chi connectivity index (χ2n) is 7.89. The fourth-order valence-electron chi connectivity index (χ4n) is 3.78. The summed E-state index contributed by atoms with van der Waals surface area (Å²) in [6.45, 7) is -1.96. The first-order valence-electron chi connectivity index (χ1n) is 10.00. The maximum absolute atomic E-state index is 10.2. The predicted molar refractivity (Wildman–Crippen MR) is 95.2 cm³/mol. The Morgan fingerprint density at radius 3 is 1.84 bits per heavy atom. The zero-order chi connectivity index (χ0) is 23.7. The van der Waals surface area contributed by atoms with Crippen molar-refractivity contribution in [3.63, 3.8) is 0 Å². The molecule has 3 fully saturated rings. The van der Waals surface area contributed by atoms with Crippen molar-refractivity contribution in [2.24, 2.45) is 0 Å². The second kappa shape index (κ2) is 10.8. The van der Waals surface area contributed by atoms with E-state index in [1.54, 1.807) is 0 Å². The Kier molecular flexibility index (Phi) is 8.75. The van der Waals surface area contributed by atoms with Gasteiger partial charge in [-0.1, -0.05) is 0 Å². The van der Waals surface area contributed by atoms with E-state index in [4.69, 9.17) is 28.8 Å². The van der Waals surface area contributed by atoms with Gasteiger partial charge < -0.3 is 74.7 Å². The molecule has 0 aromatic carbocycles. The van der Waals surface area contributed by atoms with Crippen molar-refractivity contribution < 1.29 is 74.7 Å². The Morgan fingerprint density at radius 2 is 1.31 bits per heavy atom. The molecule has 0 bridgehead atoms. The largest absolute Gasteiger partial charge is 0.394 e.